The van der Waals surface area contributed by atoms with E-state index in [-0.39, 0.29) is 12.0 Å². The maximum atomic E-state index is 12.3. The van der Waals surface area contributed by atoms with E-state index in [1.165, 1.54) is 25.2 Å². The first-order valence-corrected chi connectivity index (χ1v) is 8.03. The summed E-state index contributed by atoms with van der Waals surface area (Å²) in [6.07, 6.45) is 9.34. The van der Waals surface area contributed by atoms with Gasteiger partial charge in [-0.1, -0.05) is 24.4 Å². The molecule has 2 aliphatic rings. The lowest BCUT2D eigenvalue weighted by molar-refractivity contribution is -0.137. The van der Waals surface area contributed by atoms with Gasteiger partial charge in [0, 0.05) is 31.8 Å². The number of carbonyl (C=O) groups excluding carboxylic acids is 1. The van der Waals surface area contributed by atoms with E-state index < -0.39 is 0 Å². The molecular formula is C15H20ClN3O2. The average Bonchev–Trinajstić information content (AvgIpc) is 3.04. The van der Waals surface area contributed by atoms with Crippen LogP contribution < -0.4 is 4.74 Å². The summed E-state index contributed by atoms with van der Waals surface area (Å²) < 4.78 is 5.75. The zero-order valence-corrected chi connectivity index (χ0v) is 12.8. The second-order valence-electron chi connectivity index (χ2n) is 5.81. The Morgan fingerprint density at radius 3 is 2.38 bits per heavy atom. The molecule has 1 saturated carbocycles. The van der Waals surface area contributed by atoms with E-state index >= 15 is 0 Å². The van der Waals surface area contributed by atoms with Gasteiger partial charge in [-0.2, -0.15) is 0 Å². The van der Waals surface area contributed by atoms with Crippen molar-refractivity contribution in [2.45, 2.75) is 44.6 Å². The fourth-order valence-corrected chi connectivity index (χ4v) is 3.23. The number of halogens is 1. The quantitative estimate of drug-likeness (QED) is 0.861. The summed E-state index contributed by atoms with van der Waals surface area (Å²) in [5.41, 5.74) is 0. The van der Waals surface area contributed by atoms with Crippen LogP contribution >= 0.6 is 11.6 Å². The maximum absolute atomic E-state index is 12.3. The van der Waals surface area contributed by atoms with Crippen molar-refractivity contribution >= 4 is 17.5 Å². The largest absolute Gasteiger partial charge is 0.460 e. The normalized spacial score (nSPS) is 20.7. The minimum atomic E-state index is 0.0822. The molecule has 2 fully saturated rings. The van der Waals surface area contributed by atoms with Gasteiger partial charge in [0.25, 0.3) is 0 Å². The number of aromatic nitrogens is 2. The molecule has 0 radical (unpaired) electrons. The first kappa shape index (κ1) is 14.6. The maximum Gasteiger partial charge on any atom is 0.316 e. The fraction of sp³-hybridized carbons (Fsp3) is 0.667. The molecule has 114 valence electrons. The summed E-state index contributed by atoms with van der Waals surface area (Å²) in [5.74, 6) is 0.607. The molecule has 21 heavy (non-hydrogen) atoms. The predicted molar refractivity (Wildman–Crippen MR) is 79.2 cm³/mol. The number of nitrogens with zero attached hydrogens (tertiary/aromatic N) is 3. The van der Waals surface area contributed by atoms with E-state index in [0.29, 0.717) is 16.9 Å². The van der Waals surface area contributed by atoms with E-state index in [9.17, 15) is 4.79 Å². The second kappa shape index (κ2) is 6.60. The number of ether oxygens (including phenoxy) is 1. The molecule has 0 bridgehead atoms. The summed E-state index contributed by atoms with van der Waals surface area (Å²) in [7, 11) is 0. The zero-order chi connectivity index (χ0) is 14.7. The number of piperidine rings is 1. The van der Waals surface area contributed by atoms with Gasteiger partial charge in [-0.05, 0) is 12.8 Å². The molecule has 1 aromatic rings. The molecule has 6 heteroatoms. The second-order valence-corrected chi connectivity index (χ2v) is 6.24. The Morgan fingerprint density at radius 1 is 1.14 bits per heavy atom. The highest BCUT2D eigenvalue weighted by Gasteiger charge is 2.30. The highest BCUT2D eigenvalue weighted by atomic mass is 35.5. The van der Waals surface area contributed by atoms with Gasteiger partial charge in [-0.25, -0.2) is 9.97 Å². The van der Waals surface area contributed by atoms with Crippen LogP contribution in [0.5, 0.6) is 6.01 Å². The molecule has 1 saturated heterocycles. The molecule has 3 rings (SSSR count). The van der Waals surface area contributed by atoms with E-state index in [4.69, 9.17) is 16.3 Å². The van der Waals surface area contributed by atoms with Gasteiger partial charge in [-0.3, -0.25) is 4.79 Å². The molecule has 5 nitrogen and oxygen atoms in total. The van der Waals surface area contributed by atoms with Crippen LogP contribution in [0, 0.1) is 5.92 Å². The smallest absolute Gasteiger partial charge is 0.316 e. The van der Waals surface area contributed by atoms with Gasteiger partial charge in [0.15, 0.2) is 0 Å². The van der Waals surface area contributed by atoms with E-state index in [1.54, 1.807) is 0 Å². The predicted octanol–water partition coefficient (Wildman–Crippen LogP) is 2.69. The molecule has 1 amide bonds. The van der Waals surface area contributed by atoms with Gasteiger partial charge >= 0.3 is 6.01 Å². The molecule has 0 aromatic carbocycles. The third-order valence-corrected chi connectivity index (χ3v) is 4.52. The molecule has 0 spiro atoms. The van der Waals surface area contributed by atoms with Crippen molar-refractivity contribution in [3.8, 4) is 6.01 Å². The molecule has 1 aliphatic heterocycles. The molecular weight excluding hydrogens is 290 g/mol. The monoisotopic (exact) mass is 309 g/mol. The van der Waals surface area contributed by atoms with Crippen LogP contribution in [0.4, 0.5) is 0 Å². The number of amides is 1. The van der Waals surface area contributed by atoms with Crippen molar-refractivity contribution in [3.63, 3.8) is 0 Å². The van der Waals surface area contributed by atoms with Gasteiger partial charge in [0.1, 0.15) is 6.10 Å². The molecule has 1 aliphatic carbocycles. The Kier molecular flexibility index (Phi) is 4.58. The van der Waals surface area contributed by atoms with Gasteiger partial charge in [0.05, 0.1) is 17.4 Å². The van der Waals surface area contributed by atoms with Crippen molar-refractivity contribution < 1.29 is 9.53 Å². The molecule has 2 heterocycles. The van der Waals surface area contributed by atoms with Gasteiger partial charge in [0.2, 0.25) is 5.91 Å². The van der Waals surface area contributed by atoms with Crippen molar-refractivity contribution in [2.24, 2.45) is 5.92 Å². The number of likely N-dealkylation sites (tertiary alicyclic amines) is 1. The van der Waals surface area contributed by atoms with Crippen molar-refractivity contribution in [2.75, 3.05) is 13.1 Å². The van der Waals surface area contributed by atoms with Crippen LogP contribution in [0.25, 0.3) is 0 Å². The Balaban J connectivity index is 1.48. The number of hydrogen-bond donors (Lipinski definition) is 0. The summed E-state index contributed by atoms with van der Waals surface area (Å²) in [5, 5.41) is 0.499. The van der Waals surface area contributed by atoms with Gasteiger partial charge < -0.3 is 9.64 Å². The Bertz CT molecular complexity index is 480. The summed E-state index contributed by atoms with van der Waals surface area (Å²) in [6, 6.07) is 0.361. The molecule has 1 aromatic heterocycles. The fourth-order valence-electron chi connectivity index (χ4n) is 3.14. The van der Waals surface area contributed by atoms with E-state index in [1.807, 2.05) is 4.90 Å². The number of rotatable bonds is 3. The summed E-state index contributed by atoms with van der Waals surface area (Å²) in [6.45, 7) is 1.54. The van der Waals surface area contributed by atoms with Crippen LogP contribution in [0.2, 0.25) is 5.02 Å². The van der Waals surface area contributed by atoms with Crippen LogP contribution in [-0.4, -0.2) is 40.0 Å². The standard InChI is InChI=1S/C15H20ClN3O2/c16-12-9-17-15(18-10-12)21-13-5-7-19(8-6-13)14(20)11-3-1-2-4-11/h9-11,13H,1-8H2. The molecule has 0 N–H and O–H groups in total. The zero-order valence-electron chi connectivity index (χ0n) is 12.0. The Hall–Kier alpha value is -1.36. The van der Waals surface area contributed by atoms with Crippen molar-refractivity contribution in [1.82, 2.24) is 14.9 Å². The van der Waals surface area contributed by atoms with Crippen LogP contribution in [0.3, 0.4) is 0 Å². The van der Waals surface area contributed by atoms with Gasteiger partial charge in [-0.15, -0.1) is 0 Å². The lowest BCUT2D eigenvalue weighted by atomic mass is 10.0. The third-order valence-electron chi connectivity index (χ3n) is 4.33. The SMILES string of the molecule is O=C(C1CCCC1)N1CCC(Oc2ncc(Cl)cn2)CC1. The minimum absolute atomic E-state index is 0.0822. The summed E-state index contributed by atoms with van der Waals surface area (Å²) in [4.78, 5) is 22.4. The topological polar surface area (TPSA) is 55.3 Å². The number of hydrogen-bond acceptors (Lipinski definition) is 4. The third kappa shape index (κ3) is 3.64. The Morgan fingerprint density at radius 2 is 1.76 bits per heavy atom. The summed E-state index contributed by atoms with van der Waals surface area (Å²) >= 11 is 5.75. The lowest BCUT2D eigenvalue weighted by Crippen LogP contribution is -2.44. The van der Waals surface area contributed by atoms with E-state index in [0.717, 1.165) is 38.8 Å². The molecule has 0 unspecified atom stereocenters. The number of carbonyl (C=O) groups is 1. The van der Waals surface area contributed by atoms with Crippen LogP contribution in [0.1, 0.15) is 38.5 Å². The highest BCUT2D eigenvalue weighted by molar-refractivity contribution is 6.30. The van der Waals surface area contributed by atoms with Crippen LogP contribution in [0.15, 0.2) is 12.4 Å². The minimum Gasteiger partial charge on any atom is -0.460 e. The lowest BCUT2D eigenvalue weighted by Gasteiger charge is -2.33. The van der Waals surface area contributed by atoms with Crippen molar-refractivity contribution in [1.29, 1.82) is 0 Å². The average molecular weight is 310 g/mol. The van der Waals surface area contributed by atoms with E-state index in [2.05, 4.69) is 9.97 Å². The van der Waals surface area contributed by atoms with Crippen LogP contribution in [-0.2, 0) is 4.79 Å². The highest BCUT2D eigenvalue weighted by Crippen LogP contribution is 2.28. The first-order valence-electron chi connectivity index (χ1n) is 7.65. The Labute approximate surface area is 129 Å². The van der Waals surface area contributed by atoms with Crippen molar-refractivity contribution in [3.05, 3.63) is 17.4 Å². The molecule has 0 atom stereocenters. The first-order chi connectivity index (χ1) is 10.2.